The molecule has 1 aromatic carbocycles. The molecular formula is C12H16INO. The van der Waals surface area contributed by atoms with Crippen LogP contribution in [0, 0.1) is 0 Å². The molecule has 1 aromatic rings. The van der Waals surface area contributed by atoms with Crippen LogP contribution in [-0.2, 0) is 4.79 Å². The van der Waals surface area contributed by atoms with E-state index in [1.807, 2.05) is 37.3 Å². The second kappa shape index (κ2) is 6.82. The van der Waals surface area contributed by atoms with Crippen molar-refractivity contribution >= 4 is 28.5 Å². The van der Waals surface area contributed by atoms with Gasteiger partial charge in [-0.1, -0.05) is 59.8 Å². The summed E-state index contributed by atoms with van der Waals surface area (Å²) >= 11 is 2.26. The van der Waals surface area contributed by atoms with Crippen molar-refractivity contribution in [1.82, 2.24) is 5.32 Å². The lowest BCUT2D eigenvalue weighted by Gasteiger charge is -2.14. The van der Waals surface area contributed by atoms with E-state index in [1.165, 1.54) is 0 Å². The molecule has 0 saturated heterocycles. The normalized spacial score (nSPS) is 12.1. The molecule has 0 fully saturated rings. The van der Waals surface area contributed by atoms with E-state index in [4.69, 9.17) is 0 Å². The maximum Gasteiger partial charge on any atom is 0.227 e. The van der Waals surface area contributed by atoms with Gasteiger partial charge in [0.05, 0.1) is 5.92 Å². The highest BCUT2D eigenvalue weighted by Gasteiger charge is 2.17. The number of carbonyl (C=O) groups excluding carboxylic acids is 1. The Morgan fingerprint density at radius 3 is 2.60 bits per heavy atom. The van der Waals surface area contributed by atoms with Crippen molar-refractivity contribution in [1.29, 1.82) is 0 Å². The fourth-order valence-corrected chi connectivity index (χ4v) is 1.82. The summed E-state index contributed by atoms with van der Waals surface area (Å²) in [5.41, 5.74) is 1.10. The first-order chi connectivity index (χ1) is 7.29. The summed E-state index contributed by atoms with van der Waals surface area (Å²) in [6.07, 6.45) is 0.844. The molecule has 1 atom stereocenters. The standard InChI is InChI=1S/C12H16INO/c1-2-11(12(15)14-9-8-13)10-6-4-3-5-7-10/h3-7,11H,2,8-9H2,1H3,(H,14,15). The van der Waals surface area contributed by atoms with Gasteiger partial charge >= 0.3 is 0 Å². The Morgan fingerprint density at radius 2 is 2.07 bits per heavy atom. The van der Waals surface area contributed by atoms with Crippen molar-refractivity contribution in [2.75, 3.05) is 11.0 Å². The maximum atomic E-state index is 11.8. The SMILES string of the molecule is CCC(C(=O)NCCI)c1ccccc1. The second-order valence-electron chi connectivity index (χ2n) is 3.35. The van der Waals surface area contributed by atoms with Gasteiger partial charge in [0.1, 0.15) is 0 Å². The van der Waals surface area contributed by atoms with Crippen LogP contribution in [0.4, 0.5) is 0 Å². The third-order valence-corrected chi connectivity index (χ3v) is 2.86. The van der Waals surface area contributed by atoms with Crippen LogP contribution in [0.3, 0.4) is 0 Å². The molecule has 1 unspecified atom stereocenters. The van der Waals surface area contributed by atoms with E-state index in [0.29, 0.717) is 0 Å². The highest BCUT2D eigenvalue weighted by molar-refractivity contribution is 14.1. The Hall–Kier alpha value is -0.580. The van der Waals surface area contributed by atoms with Crippen LogP contribution in [0.5, 0.6) is 0 Å². The quantitative estimate of drug-likeness (QED) is 0.657. The minimum Gasteiger partial charge on any atom is -0.355 e. The summed E-state index contributed by atoms with van der Waals surface area (Å²) in [7, 11) is 0. The highest BCUT2D eigenvalue weighted by Crippen LogP contribution is 2.18. The molecule has 2 nitrogen and oxygen atoms in total. The van der Waals surface area contributed by atoms with Gasteiger partial charge in [-0.15, -0.1) is 0 Å². The number of nitrogens with one attached hydrogen (secondary N) is 1. The van der Waals surface area contributed by atoms with E-state index < -0.39 is 0 Å². The lowest BCUT2D eigenvalue weighted by Crippen LogP contribution is -2.30. The monoisotopic (exact) mass is 317 g/mol. The molecule has 1 amide bonds. The third kappa shape index (κ3) is 3.81. The summed E-state index contributed by atoms with van der Waals surface area (Å²) in [4.78, 5) is 11.8. The van der Waals surface area contributed by atoms with Gasteiger partial charge in [0.25, 0.3) is 0 Å². The Labute approximate surface area is 105 Å². The lowest BCUT2D eigenvalue weighted by atomic mass is 9.96. The Balaban J connectivity index is 2.67. The summed E-state index contributed by atoms with van der Waals surface area (Å²) < 4.78 is 0.953. The molecular weight excluding hydrogens is 301 g/mol. The van der Waals surface area contributed by atoms with Crippen LogP contribution >= 0.6 is 22.6 Å². The predicted octanol–water partition coefficient (Wildman–Crippen LogP) is 2.73. The molecule has 82 valence electrons. The van der Waals surface area contributed by atoms with E-state index in [9.17, 15) is 4.79 Å². The van der Waals surface area contributed by atoms with Gasteiger partial charge in [-0.3, -0.25) is 4.79 Å². The van der Waals surface area contributed by atoms with E-state index in [1.54, 1.807) is 0 Å². The average Bonchev–Trinajstić information content (AvgIpc) is 2.29. The molecule has 0 aliphatic carbocycles. The van der Waals surface area contributed by atoms with Gasteiger partial charge in [0, 0.05) is 11.0 Å². The molecule has 0 spiro atoms. The molecule has 3 heteroatoms. The molecule has 0 bridgehead atoms. The van der Waals surface area contributed by atoms with Crippen molar-refractivity contribution in [2.24, 2.45) is 0 Å². The number of carbonyl (C=O) groups is 1. The van der Waals surface area contributed by atoms with Gasteiger partial charge in [-0.25, -0.2) is 0 Å². The van der Waals surface area contributed by atoms with Gasteiger partial charge in [0.15, 0.2) is 0 Å². The van der Waals surface area contributed by atoms with Crippen molar-refractivity contribution in [3.05, 3.63) is 35.9 Å². The van der Waals surface area contributed by atoms with Gasteiger partial charge in [-0.2, -0.15) is 0 Å². The summed E-state index contributed by atoms with van der Waals surface area (Å²) in [5, 5.41) is 2.94. The van der Waals surface area contributed by atoms with E-state index >= 15 is 0 Å². The first-order valence-corrected chi connectivity index (χ1v) is 6.70. The summed E-state index contributed by atoms with van der Waals surface area (Å²) in [6.45, 7) is 2.80. The smallest absolute Gasteiger partial charge is 0.227 e. The minimum atomic E-state index is -0.00542. The lowest BCUT2D eigenvalue weighted by molar-refractivity contribution is -0.122. The maximum absolute atomic E-state index is 11.8. The third-order valence-electron chi connectivity index (χ3n) is 2.32. The Kier molecular flexibility index (Phi) is 5.68. The van der Waals surface area contributed by atoms with Gasteiger partial charge in [-0.05, 0) is 12.0 Å². The minimum absolute atomic E-state index is 0.00542. The van der Waals surface area contributed by atoms with Crippen LogP contribution in [0.15, 0.2) is 30.3 Å². The first-order valence-electron chi connectivity index (χ1n) is 5.18. The van der Waals surface area contributed by atoms with Gasteiger partial charge in [0.2, 0.25) is 5.91 Å². The van der Waals surface area contributed by atoms with Gasteiger partial charge < -0.3 is 5.32 Å². The largest absolute Gasteiger partial charge is 0.355 e. The average molecular weight is 317 g/mol. The topological polar surface area (TPSA) is 29.1 Å². The molecule has 0 aliphatic rings. The van der Waals surface area contributed by atoms with Crippen LogP contribution in [0.1, 0.15) is 24.8 Å². The predicted molar refractivity (Wildman–Crippen MR) is 71.4 cm³/mol. The second-order valence-corrected chi connectivity index (χ2v) is 4.43. The summed E-state index contributed by atoms with van der Waals surface area (Å²) in [5.74, 6) is 0.134. The molecule has 0 heterocycles. The molecule has 0 aliphatic heterocycles. The molecule has 1 rings (SSSR count). The van der Waals surface area contributed by atoms with E-state index in [2.05, 4.69) is 27.9 Å². The number of alkyl halides is 1. The highest BCUT2D eigenvalue weighted by atomic mass is 127. The zero-order chi connectivity index (χ0) is 11.1. The van der Waals surface area contributed by atoms with Crippen LogP contribution < -0.4 is 5.32 Å². The number of hydrogen-bond acceptors (Lipinski definition) is 1. The van der Waals surface area contributed by atoms with Crippen LogP contribution in [0.25, 0.3) is 0 Å². The molecule has 1 N–H and O–H groups in total. The fraction of sp³-hybridized carbons (Fsp3) is 0.417. The molecule has 0 aromatic heterocycles. The number of halogens is 1. The van der Waals surface area contributed by atoms with E-state index in [0.717, 1.165) is 23.0 Å². The Bertz CT molecular complexity index is 300. The van der Waals surface area contributed by atoms with Crippen molar-refractivity contribution in [2.45, 2.75) is 19.3 Å². The molecule has 0 radical (unpaired) electrons. The fourth-order valence-electron chi connectivity index (χ4n) is 1.55. The number of rotatable bonds is 5. The summed E-state index contributed by atoms with van der Waals surface area (Å²) in [6, 6.07) is 9.95. The zero-order valence-corrected chi connectivity index (χ0v) is 11.0. The molecule has 0 saturated carbocycles. The zero-order valence-electron chi connectivity index (χ0n) is 8.87. The number of hydrogen-bond donors (Lipinski definition) is 1. The van der Waals surface area contributed by atoms with E-state index in [-0.39, 0.29) is 11.8 Å². The molecule has 15 heavy (non-hydrogen) atoms. The van der Waals surface area contributed by atoms with Crippen LogP contribution in [-0.4, -0.2) is 16.9 Å². The van der Waals surface area contributed by atoms with Crippen molar-refractivity contribution in [3.8, 4) is 0 Å². The van der Waals surface area contributed by atoms with Crippen molar-refractivity contribution in [3.63, 3.8) is 0 Å². The Morgan fingerprint density at radius 1 is 1.40 bits per heavy atom. The van der Waals surface area contributed by atoms with Crippen molar-refractivity contribution < 1.29 is 4.79 Å². The number of benzene rings is 1. The number of amides is 1. The first kappa shape index (κ1) is 12.5. The van der Waals surface area contributed by atoms with Crippen LogP contribution in [0.2, 0.25) is 0 Å².